The number of nitrogens with one attached hydrogen (secondary N) is 1. The van der Waals surface area contributed by atoms with Crippen molar-refractivity contribution in [1.82, 2.24) is 5.32 Å². The lowest BCUT2D eigenvalue weighted by Crippen LogP contribution is -2.18. The van der Waals surface area contributed by atoms with Crippen molar-refractivity contribution in [3.8, 4) is 11.5 Å². The van der Waals surface area contributed by atoms with Gasteiger partial charge in [-0.3, -0.25) is 0 Å². The van der Waals surface area contributed by atoms with E-state index in [-0.39, 0.29) is 0 Å². The molecule has 2 aromatic carbocycles. The zero-order valence-corrected chi connectivity index (χ0v) is 12.5. The maximum atomic E-state index is 5.89. The van der Waals surface area contributed by atoms with Crippen LogP contribution in [-0.4, -0.2) is 6.54 Å². The lowest BCUT2D eigenvalue weighted by atomic mass is 10.2. The lowest BCUT2D eigenvalue weighted by molar-refractivity contribution is 0.478. The minimum atomic E-state index is 0.679. The SMILES string of the molecule is Cc1ccccc1Oc1ccc(CNCC(C)C)cc1. The molecule has 0 spiro atoms. The molecule has 0 bridgehead atoms. The second kappa shape index (κ2) is 7.11. The molecule has 0 atom stereocenters. The van der Waals surface area contributed by atoms with Crippen LogP contribution in [0.25, 0.3) is 0 Å². The normalized spacial score (nSPS) is 10.8. The van der Waals surface area contributed by atoms with Crippen molar-refractivity contribution in [1.29, 1.82) is 0 Å². The van der Waals surface area contributed by atoms with Gasteiger partial charge in [0, 0.05) is 6.54 Å². The first kappa shape index (κ1) is 14.6. The van der Waals surface area contributed by atoms with Gasteiger partial charge in [0.15, 0.2) is 0 Å². The number of rotatable bonds is 6. The van der Waals surface area contributed by atoms with Crippen molar-refractivity contribution in [2.24, 2.45) is 5.92 Å². The molecule has 0 aliphatic heterocycles. The third-order valence-electron chi connectivity index (χ3n) is 3.13. The van der Waals surface area contributed by atoms with E-state index < -0.39 is 0 Å². The number of hydrogen-bond acceptors (Lipinski definition) is 2. The van der Waals surface area contributed by atoms with Crippen molar-refractivity contribution >= 4 is 0 Å². The van der Waals surface area contributed by atoms with Gasteiger partial charge in [0.05, 0.1) is 0 Å². The standard InChI is InChI=1S/C18H23NO/c1-14(2)12-19-13-16-8-10-17(11-9-16)20-18-7-5-4-6-15(18)3/h4-11,14,19H,12-13H2,1-3H3. The molecule has 0 saturated heterocycles. The van der Waals surface area contributed by atoms with Gasteiger partial charge in [-0.15, -0.1) is 0 Å². The first-order chi connectivity index (χ1) is 9.65. The lowest BCUT2D eigenvalue weighted by Gasteiger charge is -2.10. The highest BCUT2D eigenvalue weighted by atomic mass is 16.5. The molecule has 2 aromatic rings. The Kier molecular flexibility index (Phi) is 5.19. The quantitative estimate of drug-likeness (QED) is 0.831. The van der Waals surface area contributed by atoms with Gasteiger partial charge in [-0.1, -0.05) is 44.2 Å². The molecule has 0 saturated carbocycles. The zero-order chi connectivity index (χ0) is 14.4. The maximum Gasteiger partial charge on any atom is 0.130 e. The molecule has 0 aliphatic rings. The molecule has 0 unspecified atom stereocenters. The second-order valence-electron chi connectivity index (χ2n) is 5.54. The molecule has 2 nitrogen and oxygen atoms in total. The number of aryl methyl sites for hydroxylation is 1. The van der Waals surface area contributed by atoms with Gasteiger partial charge in [-0.25, -0.2) is 0 Å². The Balaban J connectivity index is 1.93. The van der Waals surface area contributed by atoms with Gasteiger partial charge in [0.1, 0.15) is 11.5 Å². The van der Waals surface area contributed by atoms with Crippen molar-refractivity contribution in [2.75, 3.05) is 6.54 Å². The average Bonchev–Trinajstić information content (AvgIpc) is 2.43. The highest BCUT2D eigenvalue weighted by Gasteiger charge is 2.01. The van der Waals surface area contributed by atoms with E-state index in [1.807, 2.05) is 30.3 Å². The molecular formula is C18H23NO. The van der Waals surface area contributed by atoms with Gasteiger partial charge in [-0.05, 0) is 48.7 Å². The number of para-hydroxylation sites is 1. The van der Waals surface area contributed by atoms with Crippen LogP contribution in [0.3, 0.4) is 0 Å². The molecule has 0 aliphatic carbocycles. The summed E-state index contributed by atoms with van der Waals surface area (Å²) in [6.45, 7) is 8.43. The fraction of sp³-hybridized carbons (Fsp3) is 0.333. The third kappa shape index (κ3) is 4.39. The molecule has 0 heterocycles. The molecule has 0 aromatic heterocycles. The summed E-state index contributed by atoms with van der Waals surface area (Å²) in [4.78, 5) is 0. The van der Waals surface area contributed by atoms with Crippen LogP contribution in [0.5, 0.6) is 11.5 Å². The van der Waals surface area contributed by atoms with Gasteiger partial charge in [0.2, 0.25) is 0 Å². The fourth-order valence-corrected chi connectivity index (χ4v) is 1.98. The Hall–Kier alpha value is -1.80. The van der Waals surface area contributed by atoms with Crippen LogP contribution in [0, 0.1) is 12.8 Å². The van der Waals surface area contributed by atoms with Gasteiger partial charge in [-0.2, -0.15) is 0 Å². The number of benzene rings is 2. The molecule has 20 heavy (non-hydrogen) atoms. The first-order valence-corrected chi connectivity index (χ1v) is 7.18. The summed E-state index contributed by atoms with van der Waals surface area (Å²) in [7, 11) is 0. The van der Waals surface area contributed by atoms with E-state index >= 15 is 0 Å². The van der Waals surface area contributed by atoms with Crippen LogP contribution >= 0.6 is 0 Å². The average molecular weight is 269 g/mol. The fourth-order valence-electron chi connectivity index (χ4n) is 1.98. The van der Waals surface area contributed by atoms with Crippen LogP contribution < -0.4 is 10.1 Å². The maximum absolute atomic E-state index is 5.89. The summed E-state index contributed by atoms with van der Waals surface area (Å²) < 4.78 is 5.89. The van der Waals surface area contributed by atoms with Crippen molar-refractivity contribution in [2.45, 2.75) is 27.3 Å². The first-order valence-electron chi connectivity index (χ1n) is 7.18. The third-order valence-corrected chi connectivity index (χ3v) is 3.13. The van der Waals surface area contributed by atoms with Crippen LogP contribution in [0.15, 0.2) is 48.5 Å². The minimum absolute atomic E-state index is 0.679. The summed E-state index contributed by atoms with van der Waals surface area (Å²) in [6, 6.07) is 16.3. The van der Waals surface area contributed by atoms with E-state index in [0.29, 0.717) is 5.92 Å². The van der Waals surface area contributed by atoms with Crippen LogP contribution in [-0.2, 0) is 6.54 Å². The van der Waals surface area contributed by atoms with E-state index in [1.165, 1.54) is 5.56 Å². The molecule has 0 radical (unpaired) electrons. The molecule has 2 rings (SSSR count). The number of hydrogen-bond donors (Lipinski definition) is 1. The Bertz CT molecular complexity index is 531. The van der Waals surface area contributed by atoms with Gasteiger partial charge < -0.3 is 10.1 Å². The summed E-state index contributed by atoms with van der Waals surface area (Å²) in [5.41, 5.74) is 2.43. The smallest absolute Gasteiger partial charge is 0.130 e. The van der Waals surface area contributed by atoms with Crippen LogP contribution in [0.2, 0.25) is 0 Å². The highest BCUT2D eigenvalue weighted by Crippen LogP contribution is 2.24. The van der Waals surface area contributed by atoms with E-state index in [1.54, 1.807) is 0 Å². The predicted octanol–water partition coefficient (Wildman–Crippen LogP) is 4.53. The summed E-state index contributed by atoms with van der Waals surface area (Å²) >= 11 is 0. The summed E-state index contributed by atoms with van der Waals surface area (Å²) in [5.74, 6) is 2.48. The van der Waals surface area contributed by atoms with Crippen molar-refractivity contribution in [3.63, 3.8) is 0 Å². The van der Waals surface area contributed by atoms with E-state index in [4.69, 9.17) is 4.74 Å². The molecule has 106 valence electrons. The molecule has 0 amide bonds. The van der Waals surface area contributed by atoms with Crippen LogP contribution in [0.1, 0.15) is 25.0 Å². The largest absolute Gasteiger partial charge is 0.457 e. The molecule has 2 heteroatoms. The zero-order valence-electron chi connectivity index (χ0n) is 12.5. The van der Waals surface area contributed by atoms with E-state index in [0.717, 1.165) is 30.2 Å². The Morgan fingerprint density at radius 2 is 1.70 bits per heavy atom. The highest BCUT2D eigenvalue weighted by molar-refractivity contribution is 5.37. The molecule has 0 fully saturated rings. The van der Waals surface area contributed by atoms with Crippen molar-refractivity contribution in [3.05, 3.63) is 59.7 Å². The van der Waals surface area contributed by atoms with Crippen molar-refractivity contribution < 1.29 is 4.74 Å². The molecular weight excluding hydrogens is 246 g/mol. The molecule has 1 N–H and O–H groups in total. The predicted molar refractivity (Wildman–Crippen MR) is 84.2 cm³/mol. The Labute approximate surface area is 121 Å². The summed E-state index contributed by atoms with van der Waals surface area (Å²) in [5, 5.41) is 3.44. The topological polar surface area (TPSA) is 21.3 Å². The van der Waals surface area contributed by atoms with Gasteiger partial charge >= 0.3 is 0 Å². The van der Waals surface area contributed by atoms with Gasteiger partial charge in [0.25, 0.3) is 0 Å². The minimum Gasteiger partial charge on any atom is -0.457 e. The van der Waals surface area contributed by atoms with E-state index in [2.05, 4.69) is 44.3 Å². The number of ether oxygens (including phenoxy) is 1. The van der Waals surface area contributed by atoms with Crippen LogP contribution in [0.4, 0.5) is 0 Å². The Morgan fingerprint density at radius 1 is 1.00 bits per heavy atom. The monoisotopic (exact) mass is 269 g/mol. The summed E-state index contributed by atoms with van der Waals surface area (Å²) in [6.07, 6.45) is 0. The second-order valence-corrected chi connectivity index (χ2v) is 5.54. The Morgan fingerprint density at radius 3 is 2.35 bits per heavy atom. The van der Waals surface area contributed by atoms with E-state index in [9.17, 15) is 0 Å².